The quantitative estimate of drug-likeness (QED) is 0.866. The average molecular weight is 294 g/mol. The van der Waals surface area contributed by atoms with E-state index >= 15 is 0 Å². The van der Waals surface area contributed by atoms with Crippen LogP contribution in [-0.2, 0) is 9.59 Å². The second-order valence-electron chi connectivity index (χ2n) is 6.80. The lowest BCUT2D eigenvalue weighted by Crippen LogP contribution is -2.47. The molecular weight excluding hydrogens is 264 g/mol. The Morgan fingerprint density at radius 2 is 1.76 bits per heavy atom. The lowest BCUT2D eigenvalue weighted by atomic mass is 9.78. The number of rotatable bonds is 4. The highest BCUT2D eigenvalue weighted by atomic mass is 16.2. The zero-order chi connectivity index (χ0) is 15.2. The Labute approximate surface area is 128 Å². The zero-order valence-electron chi connectivity index (χ0n) is 13.6. The van der Waals surface area contributed by atoms with Crippen molar-refractivity contribution in [3.8, 4) is 0 Å². The smallest absolute Gasteiger partial charge is 0.222 e. The van der Waals surface area contributed by atoms with Crippen LogP contribution in [0, 0.1) is 11.8 Å². The van der Waals surface area contributed by atoms with Crippen molar-refractivity contribution in [3.63, 3.8) is 0 Å². The van der Waals surface area contributed by atoms with Gasteiger partial charge < -0.3 is 10.2 Å². The zero-order valence-corrected chi connectivity index (χ0v) is 13.6. The van der Waals surface area contributed by atoms with E-state index in [1.54, 1.807) is 0 Å². The summed E-state index contributed by atoms with van der Waals surface area (Å²) in [5, 5.41) is 3.04. The number of nitrogens with one attached hydrogen (secondary N) is 1. The number of amides is 2. The molecule has 2 amide bonds. The van der Waals surface area contributed by atoms with Crippen LogP contribution in [0.5, 0.6) is 0 Å². The predicted molar refractivity (Wildman–Crippen MR) is 83.8 cm³/mol. The molecule has 2 aliphatic rings. The molecule has 0 spiro atoms. The molecule has 0 aromatic heterocycles. The Morgan fingerprint density at radius 3 is 2.38 bits per heavy atom. The summed E-state index contributed by atoms with van der Waals surface area (Å²) < 4.78 is 0. The molecule has 2 fully saturated rings. The molecule has 4 nitrogen and oxygen atoms in total. The normalized spacial score (nSPS) is 27.4. The van der Waals surface area contributed by atoms with E-state index < -0.39 is 0 Å². The van der Waals surface area contributed by atoms with E-state index in [1.807, 2.05) is 11.8 Å². The fourth-order valence-electron chi connectivity index (χ4n) is 3.65. The second-order valence-corrected chi connectivity index (χ2v) is 6.80. The fourth-order valence-corrected chi connectivity index (χ4v) is 3.65. The number of carbonyl (C=O) groups excluding carboxylic acids is 2. The first kappa shape index (κ1) is 16.3. The minimum atomic E-state index is 0.121. The molecule has 0 radical (unpaired) electrons. The summed E-state index contributed by atoms with van der Waals surface area (Å²) in [5.74, 6) is 1.73. The van der Waals surface area contributed by atoms with Crippen LogP contribution in [0.2, 0.25) is 0 Å². The fraction of sp³-hybridized carbons (Fsp3) is 0.882. The van der Waals surface area contributed by atoms with Gasteiger partial charge in [0.05, 0.1) is 0 Å². The van der Waals surface area contributed by atoms with Gasteiger partial charge in [-0.2, -0.15) is 0 Å². The van der Waals surface area contributed by atoms with Crippen LogP contribution in [-0.4, -0.2) is 35.8 Å². The van der Waals surface area contributed by atoms with Gasteiger partial charge in [-0.05, 0) is 31.1 Å². The van der Waals surface area contributed by atoms with Gasteiger partial charge in [0.25, 0.3) is 0 Å². The van der Waals surface area contributed by atoms with E-state index in [2.05, 4.69) is 12.2 Å². The molecule has 0 bridgehead atoms. The predicted octanol–water partition coefficient (Wildman–Crippen LogP) is 2.72. The van der Waals surface area contributed by atoms with Crippen LogP contribution < -0.4 is 5.32 Å². The van der Waals surface area contributed by atoms with Crippen molar-refractivity contribution in [2.45, 2.75) is 71.3 Å². The molecule has 1 saturated carbocycles. The van der Waals surface area contributed by atoms with Crippen molar-refractivity contribution in [1.82, 2.24) is 10.2 Å². The van der Waals surface area contributed by atoms with E-state index in [-0.39, 0.29) is 11.9 Å². The summed E-state index contributed by atoms with van der Waals surface area (Å²) in [6.45, 7) is 5.77. The van der Waals surface area contributed by atoms with Gasteiger partial charge in [0.2, 0.25) is 11.8 Å². The minimum absolute atomic E-state index is 0.121. The molecule has 2 atom stereocenters. The number of piperidine rings is 1. The van der Waals surface area contributed by atoms with E-state index in [0.717, 1.165) is 32.4 Å². The summed E-state index contributed by atoms with van der Waals surface area (Å²) in [6.07, 6.45) is 8.18. The standard InChI is InChI=1S/C17H30N2O2/c1-3-16(20)18-15-8-10-19(11-9-15)17(21)12-14-7-5-4-6-13(14)2/h13-15H,3-12H2,1-2H3,(H,18,20). The molecular formula is C17H30N2O2. The minimum Gasteiger partial charge on any atom is -0.353 e. The van der Waals surface area contributed by atoms with Gasteiger partial charge in [-0.15, -0.1) is 0 Å². The molecule has 1 N–H and O–H groups in total. The van der Waals surface area contributed by atoms with E-state index in [4.69, 9.17) is 0 Å². The van der Waals surface area contributed by atoms with Crippen LogP contribution in [0.1, 0.15) is 65.2 Å². The SMILES string of the molecule is CCC(=O)NC1CCN(C(=O)CC2CCCCC2C)CC1. The molecule has 1 aliphatic carbocycles. The molecule has 21 heavy (non-hydrogen) atoms. The molecule has 4 heteroatoms. The van der Waals surface area contributed by atoms with E-state index in [0.29, 0.717) is 24.2 Å². The van der Waals surface area contributed by atoms with Gasteiger partial charge in [-0.1, -0.05) is 33.1 Å². The number of hydrogen-bond donors (Lipinski definition) is 1. The Hall–Kier alpha value is -1.06. The third kappa shape index (κ3) is 4.72. The van der Waals surface area contributed by atoms with Gasteiger partial charge in [-0.3, -0.25) is 9.59 Å². The summed E-state index contributed by atoms with van der Waals surface area (Å²) >= 11 is 0. The number of nitrogens with zero attached hydrogens (tertiary/aromatic N) is 1. The highest BCUT2D eigenvalue weighted by molar-refractivity contribution is 5.77. The lowest BCUT2D eigenvalue weighted by molar-refractivity contribution is -0.134. The summed E-state index contributed by atoms with van der Waals surface area (Å²) in [5.41, 5.74) is 0. The molecule has 2 rings (SSSR count). The highest BCUT2D eigenvalue weighted by Gasteiger charge is 2.28. The van der Waals surface area contributed by atoms with Gasteiger partial charge >= 0.3 is 0 Å². The Balaban J connectivity index is 1.73. The summed E-state index contributed by atoms with van der Waals surface area (Å²) in [4.78, 5) is 25.8. The van der Waals surface area contributed by atoms with Crippen LogP contribution >= 0.6 is 0 Å². The first-order chi connectivity index (χ1) is 10.1. The number of likely N-dealkylation sites (tertiary alicyclic amines) is 1. The molecule has 120 valence electrons. The topological polar surface area (TPSA) is 49.4 Å². The lowest BCUT2D eigenvalue weighted by Gasteiger charge is -2.35. The number of hydrogen-bond acceptors (Lipinski definition) is 2. The van der Waals surface area contributed by atoms with Gasteiger partial charge in [0.1, 0.15) is 0 Å². The molecule has 1 heterocycles. The maximum atomic E-state index is 12.4. The second kappa shape index (κ2) is 7.81. The van der Waals surface area contributed by atoms with E-state index in [9.17, 15) is 9.59 Å². The van der Waals surface area contributed by atoms with Crippen LogP contribution in [0.3, 0.4) is 0 Å². The molecule has 1 saturated heterocycles. The Kier molecular flexibility index (Phi) is 6.07. The summed E-state index contributed by atoms with van der Waals surface area (Å²) in [6, 6.07) is 0.259. The molecule has 1 aliphatic heterocycles. The van der Waals surface area contributed by atoms with Gasteiger partial charge in [0.15, 0.2) is 0 Å². The van der Waals surface area contributed by atoms with Crippen LogP contribution in [0.15, 0.2) is 0 Å². The number of carbonyl (C=O) groups is 2. The molecule has 2 unspecified atom stereocenters. The monoisotopic (exact) mass is 294 g/mol. The molecule has 0 aromatic rings. The van der Waals surface area contributed by atoms with Crippen molar-refractivity contribution in [3.05, 3.63) is 0 Å². The van der Waals surface area contributed by atoms with Crippen LogP contribution in [0.4, 0.5) is 0 Å². The highest BCUT2D eigenvalue weighted by Crippen LogP contribution is 2.32. The van der Waals surface area contributed by atoms with E-state index in [1.165, 1.54) is 25.7 Å². The largest absolute Gasteiger partial charge is 0.353 e. The summed E-state index contributed by atoms with van der Waals surface area (Å²) in [7, 11) is 0. The molecule has 0 aromatic carbocycles. The third-order valence-corrected chi connectivity index (χ3v) is 5.26. The Bertz CT molecular complexity index is 362. The average Bonchev–Trinajstić information content (AvgIpc) is 2.50. The Morgan fingerprint density at radius 1 is 1.10 bits per heavy atom. The van der Waals surface area contributed by atoms with Crippen LogP contribution in [0.25, 0.3) is 0 Å². The van der Waals surface area contributed by atoms with Crippen molar-refractivity contribution in [2.75, 3.05) is 13.1 Å². The van der Waals surface area contributed by atoms with Crippen molar-refractivity contribution in [1.29, 1.82) is 0 Å². The first-order valence-corrected chi connectivity index (χ1v) is 8.67. The van der Waals surface area contributed by atoms with Gasteiger partial charge in [-0.25, -0.2) is 0 Å². The maximum Gasteiger partial charge on any atom is 0.222 e. The first-order valence-electron chi connectivity index (χ1n) is 8.67. The van der Waals surface area contributed by atoms with Crippen molar-refractivity contribution in [2.24, 2.45) is 11.8 Å². The third-order valence-electron chi connectivity index (χ3n) is 5.26. The van der Waals surface area contributed by atoms with Crippen molar-refractivity contribution < 1.29 is 9.59 Å². The maximum absolute atomic E-state index is 12.4. The van der Waals surface area contributed by atoms with Gasteiger partial charge in [0, 0.05) is 32.0 Å². The van der Waals surface area contributed by atoms with Crippen molar-refractivity contribution >= 4 is 11.8 Å².